The van der Waals surface area contributed by atoms with E-state index in [9.17, 15) is 0 Å². The second-order valence-electron chi connectivity index (χ2n) is 6.07. The summed E-state index contributed by atoms with van der Waals surface area (Å²) < 4.78 is 0. The molecule has 0 saturated carbocycles. The number of nitrogens with zero attached hydrogens (tertiary/aromatic N) is 1. The number of thiocarbonyl (C=S) groups is 1. The first-order chi connectivity index (χ1) is 7.33. The van der Waals surface area contributed by atoms with E-state index in [0.29, 0.717) is 4.99 Å². The molecule has 1 aliphatic heterocycles. The first-order valence-corrected chi connectivity index (χ1v) is 6.76. The van der Waals surface area contributed by atoms with Gasteiger partial charge in [0, 0.05) is 18.5 Å². The third kappa shape index (κ3) is 3.70. The van der Waals surface area contributed by atoms with Crippen molar-refractivity contribution in [3.63, 3.8) is 0 Å². The van der Waals surface area contributed by atoms with Gasteiger partial charge in [-0.2, -0.15) is 0 Å². The van der Waals surface area contributed by atoms with Gasteiger partial charge in [0.25, 0.3) is 0 Å². The minimum absolute atomic E-state index is 0.0201. The number of hydrogen-bond donors (Lipinski definition) is 1. The normalized spacial score (nSPS) is 27.2. The Morgan fingerprint density at radius 3 is 2.25 bits per heavy atom. The summed E-state index contributed by atoms with van der Waals surface area (Å²) in [6, 6.07) is 0. The van der Waals surface area contributed by atoms with Crippen molar-refractivity contribution in [1.29, 1.82) is 0 Å². The maximum absolute atomic E-state index is 5.73. The van der Waals surface area contributed by atoms with Gasteiger partial charge in [0.05, 0.1) is 4.99 Å². The summed E-state index contributed by atoms with van der Waals surface area (Å²) >= 11 is 5.08. The summed E-state index contributed by atoms with van der Waals surface area (Å²) in [6.07, 6.45) is 2.30. The molecule has 1 fully saturated rings. The third-order valence-corrected chi connectivity index (χ3v) is 4.56. The summed E-state index contributed by atoms with van der Waals surface area (Å²) in [6.45, 7) is 12.7. The van der Waals surface area contributed by atoms with Crippen LogP contribution in [-0.4, -0.2) is 29.5 Å². The van der Waals surface area contributed by atoms with Crippen LogP contribution in [-0.2, 0) is 0 Å². The van der Waals surface area contributed by atoms with Gasteiger partial charge in [-0.1, -0.05) is 39.9 Å². The fourth-order valence-electron chi connectivity index (χ4n) is 2.30. The highest BCUT2D eigenvalue weighted by molar-refractivity contribution is 7.80. The molecular weight excluding hydrogens is 216 g/mol. The maximum atomic E-state index is 5.73. The minimum atomic E-state index is 0.0201. The van der Waals surface area contributed by atoms with Crippen molar-refractivity contribution in [2.75, 3.05) is 19.6 Å². The predicted octanol–water partition coefficient (Wildman–Crippen LogP) is 2.67. The van der Waals surface area contributed by atoms with E-state index in [1.807, 2.05) is 0 Å². The Morgan fingerprint density at radius 2 is 1.81 bits per heavy atom. The van der Waals surface area contributed by atoms with Crippen LogP contribution in [0, 0.1) is 17.3 Å². The lowest BCUT2D eigenvalue weighted by molar-refractivity contribution is 0.299. The molecule has 0 aliphatic carbocycles. The van der Waals surface area contributed by atoms with Crippen LogP contribution in [0.3, 0.4) is 0 Å². The fourth-order valence-corrected chi connectivity index (χ4v) is 2.40. The number of nitrogens with two attached hydrogens (primary N) is 1. The average Bonchev–Trinajstić information content (AvgIpc) is 2.45. The molecule has 2 N–H and O–H groups in total. The molecular formula is C13H26N2S. The van der Waals surface area contributed by atoms with Gasteiger partial charge in [0.2, 0.25) is 0 Å². The Hall–Kier alpha value is -0.150. The Morgan fingerprint density at radius 1 is 1.31 bits per heavy atom. The summed E-state index contributed by atoms with van der Waals surface area (Å²) in [5, 5.41) is 0. The summed E-state index contributed by atoms with van der Waals surface area (Å²) in [7, 11) is 0. The fraction of sp³-hybridized carbons (Fsp3) is 0.923. The average molecular weight is 242 g/mol. The molecule has 0 aromatic carbocycles. The smallest absolute Gasteiger partial charge is 0.0784 e. The van der Waals surface area contributed by atoms with E-state index in [4.69, 9.17) is 18.0 Å². The monoisotopic (exact) mass is 242 g/mol. The van der Waals surface area contributed by atoms with E-state index < -0.39 is 0 Å². The number of hydrogen-bond acceptors (Lipinski definition) is 2. The van der Waals surface area contributed by atoms with Crippen molar-refractivity contribution >= 4 is 17.2 Å². The number of likely N-dealkylation sites (tertiary alicyclic amines) is 1. The molecule has 2 atom stereocenters. The summed E-state index contributed by atoms with van der Waals surface area (Å²) in [5.41, 5.74) is 5.75. The van der Waals surface area contributed by atoms with Crippen LogP contribution in [0.1, 0.15) is 40.5 Å². The quantitative estimate of drug-likeness (QED) is 0.752. The standard InChI is InChI=1S/C13H26N2S/c1-10-8-15(9-11(10)2)7-5-6-13(3,4)12(14)16/h10-11H,5-9H2,1-4H3,(H2,14,16). The van der Waals surface area contributed by atoms with Crippen LogP contribution in [0.25, 0.3) is 0 Å². The van der Waals surface area contributed by atoms with Gasteiger partial charge in [-0.05, 0) is 31.2 Å². The Labute approximate surface area is 106 Å². The zero-order valence-electron chi connectivity index (χ0n) is 11.1. The van der Waals surface area contributed by atoms with E-state index in [2.05, 4.69) is 32.6 Å². The van der Waals surface area contributed by atoms with Crippen LogP contribution in [0.15, 0.2) is 0 Å². The molecule has 0 aromatic rings. The van der Waals surface area contributed by atoms with Gasteiger partial charge >= 0.3 is 0 Å². The first kappa shape index (κ1) is 13.9. The molecule has 2 nitrogen and oxygen atoms in total. The Balaban J connectivity index is 2.24. The molecule has 0 amide bonds. The molecule has 1 heterocycles. The number of rotatable bonds is 5. The topological polar surface area (TPSA) is 29.3 Å². The molecule has 94 valence electrons. The molecule has 1 rings (SSSR count). The van der Waals surface area contributed by atoms with Crippen molar-refractivity contribution in [1.82, 2.24) is 4.90 Å². The van der Waals surface area contributed by atoms with Gasteiger partial charge < -0.3 is 10.6 Å². The molecule has 0 spiro atoms. The molecule has 16 heavy (non-hydrogen) atoms. The van der Waals surface area contributed by atoms with Crippen molar-refractivity contribution < 1.29 is 0 Å². The van der Waals surface area contributed by atoms with Crippen LogP contribution < -0.4 is 5.73 Å². The summed E-state index contributed by atoms with van der Waals surface area (Å²) in [4.78, 5) is 3.22. The van der Waals surface area contributed by atoms with E-state index in [1.54, 1.807) is 0 Å². The molecule has 1 saturated heterocycles. The van der Waals surface area contributed by atoms with Crippen molar-refractivity contribution in [3.05, 3.63) is 0 Å². The zero-order valence-corrected chi connectivity index (χ0v) is 11.9. The van der Waals surface area contributed by atoms with E-state index in [-0.39, 0.29) is 5.41 Å². The maximum Gasteiger partial charge on any atom is 0.0784 e. The third-order valence-electron chi connectivity index (χ3n) is 4.01. The second-order valence-corrected chi connectivity index (χ2v) is 6.51. The Bertz CT molecular complexity index is 240. The van der Waals surface area contributed by atoms with Gasteiger partial charge in [-0.15, -0.1) is 0 Å². The van der Waals surface area contributed by atoms with Gasteiger partial charge in [-0.25, -0.2) is 0 Å². The molecule has 0 aromatic heterocycles. The summed E-state index contributed by atoms with van der Waals surface area (Å²) in [5.74, 6) is 1.70. The predicted molar refractivity (Wildman–Crippen MR) is 74.6 cm³/mol. The van der Waals surface area contributed by atoms with Crippen LogP contribution in [0.5, 0.6) is 0 Å². The lowest BCUT2D eigenvalue weighted by Gasteiger charge is -2.24. The molecule has 0 radical (unpaired) electrons. The van der Waals surface area contributed by atoms with Crippen LogP contribution in [0.4, 0.5) is 0 Å². The largest absolute Gasteiger partial charge is 0.393 e. The van der Waals surface area contributed by atoms with Crippen LogP contribution >= 0.6 is 12.2 Å². The van der Waals surface area contributed by atoms with Gasteiger partial charge in [-0.3, -0.25) is 0 Å². The minimum Gasteiger partial charge on any atom is -0.393 e. The molecule has 2 unspecified atom stereocenters. The van der Waals surface area contributed by atoms with Crippen LogP contribution in [0.2, 0.25) is 0 Å². The van der Waals surface area contributed by atoms with Crippen molar-refractivity contribution in [2.45, 2.75) is 40.5 Å². The van der Waals surface area contributed by atoms with E-state index >= 15 is 0 Å². The molecule has 0 bridgehead atoms. The molecule has 1 aliphatic rings. The van der Waals surface area contributed by atoms with Crippen molar-refractivity contribution in [2.24, 2.45) is 23.0 Å². The van der Waals surface area contributed by atoms with Gasteiger partial charge in [0.15, 0.2) is 0 Å². The second kappa shape index (κ2) is 5.46. The lowest BCUT2D eigenvalue weighted by Crippen LogP contribution is -2.31. The van der Waals surface area contributed by atoms with E-state index in [0.717, 1.165) is 18.3 Å². The lowest BCUT2D eigenvalue weighted by atomic mass is 9.88. The Kier molecular flexibility index (Phi) is 4.74. The van der Waals surface area contributed by atoms with E-state index in [1.165, 1.54) is 26.1 Å². The highest BCUT2D eigenvalue weighted by Crippen LogP contribution is 2.25. The van der Waals surface area contributed by atoms with Gasteiger partial charge in [0.1, 0.15) is 0 Å². The first-order valence-electron chi connectivity index (χ1n) is 6.35. The highest BCUT2D eigenvalue weighted by atomic mass is 32.1. The van der Waals surface area contributed by atoms with Crippen molar-refractivity contribution in [3.8, 4) is 0 Å². The zero-order chi connectivity index (χ0) is 12.3. The highest BCUT2D eigenvalue weighted by Gasteiger charge is 2.26. The molecule has 3 heteroatoms. The SMILES string of the molecule is CC1CN(CCCC(C)(C)C(N)=S)CC1C.